The van der Waals surface area contributed by atoms with E-state index in [1.54, 1.807) is 14.0 Å². The van der Waals surface area contributed by atoms with Crippen molar-refractivity contribution in [3.8, 4) is 16.9 Å². The van der Waals surface area contributed by atoms with Crippen molar-refractivity contribution in [3.63, 3.8) is 0 Å². The van der Waals surface area contributed by atoms with Crippen LogP contribution >= 0.6 is 0 Å². The van der Waals surface area contributed by atoms with Crippen LogP contribution < -0.4 is 10.1 Å². The number of hydrogen-bond donors (Lipinski definition) is 2. The number of aryl methyl sites for hydroxylation is 1. The molecule has 0 aliphatic carbocycles. The summed E-state index contributed by atoms with van der Waals surface area (Å²) in [5, 5.41) is 13.9. The lowest BCUT2D eigenvalue weighted by Crippen LogP contribution is -2.53. The van der Waals surface area contributed by atoms with E-state index in [2.05, 4.69) is 24.0 Å². The molecular weight excluding hydrogens is 567 g/mol. The van der Waals surface area contributed by atoms with Crippen LogP contribution in [0.15, 0.2) is 72.9 Å². The fourth-order valence-electron chi connectivity index (χ4n) is 5.67. The molecule has 5 nitrogen and oxygen atoms in total. The number of aliphatic carboxylic acids is 1. The number of fused-ring (bicyclic) bond motifs is 1. The maximum Gasteiger partial charge on any atom is 0.401 e. The van der Waals surface area contributed by atoms with Crippen molar-refractivity contribution in [2.45, 2.75) is 51.6 Å². The highest BCUT2D eigenvalue weighted by molar-refractivity contribution is 5.99. The average molecular weight is 607 g/mol. The molecule has 0 aromatic heterocycles. The Morgan fingerprint density at radius 2 is 1.58 bits per heavy atom. The van der Waals surface area contributed by atoms with Gasteiger partial charge in [0.1, 0.15) is 5.75 Å². The second-order valence-electron chi connectivity index (χ2n) is 10.8. The van der Waals surface area contributed by atoms with Gasteiger partial charge in [0.15, 0.2) is 0 Å². The number of carboxylic acids is 1. The van der Waals surface area contributed by atoms with E-state index in [1.807, 2.05) is 48.5 Å². The Balaban J connectivity index is 0.000000238. The van der Waals surface area contributed by atoms with Gasteiger partial charge in [-0.05, 0) is 67.2 Å². The van der Waals surface area contributed by atoms with E-state index in [0.29, 0.717) is 13.0 Å². The highest BCUT2D eigenvalue weighted by Crippen LogP contribution is 2.49. The van der Waals surface area contributed by atoms with Crippen molar-refractivity contribution in [1.29, 1.82) is 0 Å². The fourth-order valence-corrected chi connectivity index (χ4v) is 5.67. The molecule has 0 atom stereocenters. The van der Waals surface area contributed by atoms with Gasteiger partial charge in [-0.3, -0.25) is 9.69 Å². The van der Waals surface area contributed by atoms with E-state index in [9.17, 15) is 26.7 Å². The Kier molecular flexibility index (Phi) is 11.2. The third kappa shape index (κ3) is 8.46. The number of halogens is 5. The molecule has 3 aromatic carbocycles. The summed E-state index contributed by atoms with van der Waals surface area (Å²) in [5.74, 6) is -2.96. The summed E-state index contributed by atoms with van der Waals surface area (Å²) in [5.41, 5.74) is 1.94. The first-order valence-corrected chi connectivity index (χ1v) is 14.2. The molecule has 0 radical (unpaired) electrons. The molecule has 1 aliphatic rings. The van der Waals surface area contributed by atoms with E-state index < -0.39 is 30.0 Å². The van der Waals surface area contributed by atoms with Gasteiger partial charge in [0.2, 0.25) is 0 Å². The van der Waals surface area contributed by atoms with Crippen molar-refractivity contribution in [3.05, 3.63) is 78.5 Å². The van der Waals surface area contributed by atoms with Crippen LogP contribution in [0.3, 0.4) is 0 Å². The summed E-state index contributed by atoms with van der Waals surface area (Å²) in [4.78, 5) is 12.0. The zero-order valence-electron chi connectivity index (χ0n) is 24.7. The molecule has 1 saturated heterocycles. The first kappa shape index (κ1) is 33.8. The van der Waals surface area contributed by atoms with Gasteiger partial charge in [-0.15, -0.1) is 0 Å². The second kappa shape index (κ2) is 14.2. The molecule has 1 aliphatic heterocycles. The summed E-state index contributed by atoms with van der Waals surface area (Å²) in [6.07, 6.45) is -3.69. The lowest BCUT2D eigenvalue weighted by Gasteiger charge is -2.46. The number of carbonyl (C=O) groups is 1. The van der Waals surface area contributed by atoms with Gasteiger partial charge in [-0.25, -0.2) is 8.78 Å². The monoisotopic (exact) mass is 606 g/mol. The molecular formula is C33H39F5N2O3. The highest BCUT2D eigenvalue weighted by atomic mass is 19.4. The number of hydrogen-bond acceptors (Lipinski definition) is 4. The van der Waals surface area contributed by atoms with Gasteiger partial charge < -0.3 is 15.2 Å². The Labute approximate surface area is 249 Å². The van der Waals surface area contributed by atoms with E-state index in [4.69, 9.17) is 9.84 Å². The zero-order valence-corrected chi connectivity index (χ0v) is 24.7. The quantitative estimate of drug-likeness (QED) is 0.230. The van der Waals surface area contributed by atoms with E-state index in [1.165, 1.54) is 4.90 Å². The molecule has 43 heavy (non-hydrogen) atoms. The molecule has 0 unspecified atom stereocenters. The highest BCUT2D eigenvalue weighted by Gasteiger charge is 2.53. The van der Waals surface area contributed by atoms with Crippen LogP contribution in [0.4, 0.5) is 22.0 Å². The molecule has 0 spiro atoms. The van der Waals surface area contributed by atoms with Crippen molar-refractivity contribution in [2.75, 3.05) is 33.3 Å². The molecule has 1 heterocycles. The molecule has 0 saturated carbocycles. The Bertz CT molecular complexity index is 1390. The number of rotatable bonds is 10. The molecule has 10 heteroatoms. The van der Waals surface area contributed by atoms with Gasteiger partial charge in [0, 0.05) is 31.1 Å². The Hall–Kier alpha value is -3.66. The van der Waals surface area contributed by atoms with Crippen LogP contribution in [-0.2, 0) is 11.2 Å². The van der Waals surface area contributed by atoms with Crippen molar-refractivity contribution >= 4 is 16.7 Å². The van der Waals surface area contributed by atoms with Crippen LogP contribution in [0, 0.1) is 5.41 Å². The first-order valence-electron chi connectivity index (χ1n) is 14.2. The number of ether oxygens (including phenoxy) is 1. The number of benzene rings is 3. The number of nitrogens with zero attached hydrogens (tertiary/aromatic N) is 1. The molecule has 4 rings (SSSR count). The third-order valence-corrected chi connectivity index (χ3v) is 7.94. The summed E-state index contributed by atoms with van der Waals surface area (Å²) in [7, 11) is 1.67. The van der Waals surface area contributed by atoms with E-state index >= 15 is 0 Å². The molecule has 0 amide bonds. The van der Waals surface area contributed by atoms with Crippen LogP contribution in [0.5, 0.6) is 5.75 Å². The number of alkyl halides is 5. The number of piperidine rings is 1. The van der Waals surface area contributed by atoms with Gasteiger partial charge in [-0.2, -0.15) is 13.2 Å². The van der Waals surface area contributed by atoms with Crippen molar-refractivity contribution < 1.29 is 36.6 Å². The number of methoxy groups -OCH3 is 1. The topological polar surface area (TPSA) is 61.8 Å². The summed E-state index contributed by atoms with van der Waals surface area (Å²) in [6, 6.07) is 20.1. The first-order chi connectivity index (χ1) is 20.2. The number of likely N-dealkylation sites (tertiary alicyclic amines) is 1. The minimum absolute atomic E-state index is 0.00659. The molecule has 1 fully saturated rings. The summed E-state index contributed by atoms with van der Waals surface area (Å²) < 4.78 is 70.4. The number of nitrogens with one attached hydrogen (secondary N) is 1. The maximum absolute atomic E-state index is 14.0. The normalized spacial score (nSPS) is 15.3. The number of allylic oxidation sites excluding steroid dienone is 1. The fraction of sp³-hybridized carbons (Fsp3) is 0.424. The van der Waals surface area contributed by atoms with Gasteiger partial charge in [0.25, 0.3) is 5.92 Å². The minimum atomic E-state index is -4.30. The van der Waals surface area contributed by atoms with Gasteiger partial charge in [-0.1, -0.05) is 61.2 Å². The zero-order chi connectivity index (χ0) is 31.8. The molecule has 0 bridgehead atoms. The van der Waals surface area contributed by atoms with E-state index in [-0.39, 0.29) is 38.0 Å². The molecule has 234 valence electrons. The standard InChI is InChI=1S/C20H18O3.C13H21F5N2/c1-23-19-11-3-2-7-18(19)17-10-5-8-15-14(12-13-20(21)22)6-4-9-16(15)17;1-4-19-10(2)12(11(3,14)15)5-7-20(8-6-12)9-13(16,17)18/h2-11H,12-13H2,1H3,(H,21,22);19H,2,4-9H2,1,3H3. The predicted molar refractivity (Wildman–Crippen MR) is 159 cm³/mol. The van der Waals surface area contributed by atoms with Crippen LogP contribution in [-0.4, -0.2) is 61.4 Å². The lowest BCUT2D eigenvalue weighted by atomic mass is 9.71. The Morgan fingerprint density at radius 3 is 2.16 bits per heavy atom. The Morgan fingerprint density at radius 1 is 0.977 bits per heavy atom. The van der Waals surface area contributed by atoms with E-state index in [0.717, 1.165) is 40.1 Å². The van der Waals surface area contributed by atoms with Crippen molar-refractivity contribution in [1.82, 2.24) is 10.2 Å². The van der Waals surface area contributed by atoms with Crippen LogP contribution in [0.2, 0.25) is 0 Å². The predicted octanol–water partition coefficient (Wildman–Crippen LogP) is 7.94. The van der Waals surface area contributed by atoms with Gasteiger partial charge in [0.05, 0.1) is 19.1 Å². The SMILES string of the molecule is C=C(NCC)C1(C(C)(F)F)CCN(CC(F)(F)F)CC1.COc1ccccc1-c1cccc2c(CCC(=O)O)cccc12. The lowest BCUT2D eigenvalue weighted by molar-refractivity contribution is -0.161. The third-order valence-electron chi connectivity index (χ3n) is 7.94. The largest absolute Gasteiger partial charge is 0.496 e. The maximum atomic E-state index is 14.0. The smallest absolute Gasteiger partial charge is 0.401 e. The molecule has 2 N–H and O–H groups in total. The molecule has 3 aromatic rings. The summed E-state index contributed by atoms with van der Waals surface area (Å²) >= 11 is 0. The van der Waals surface area contributed by atoms with Gasteiger partial charge >= 0.3 is 12.1 Å². The number of carboxylic acid groups (broad SMARTS) is 1. The van der Waals surface area contributed by atoms with Crippen LogP contribution in [0.25, 0.3) is 21.9 Å². The summed E-state index contributed by atoms with van der Waals surface area (Å²) in [6.45, 7) is 5.66. The average Bonchev–Trinajstić information content (AvgIpc) is 2.95. The van der Waals surface area contributed by atoms with Crippen molar-refractivity contribution in [2.24, 2.45) is 5.41 Å². The van der Waals surface area contributed by atoms with Crippen LogP contribution in [0.1, 0.15) is 38.7 Å². The minimum Gasteiger partial charge on any atom is -0.496 e. The number of para-hydroxylation sites is 1. The second-order valence-corrected chi connectivity index (χ2v) is 10.8.